The van der Waals surface area contributed by atoms with Crippen LogP contribution in [-0.2, 0) is 44.3 Å². The first kappa shape index (κ1) is 35.7. The van der Waals surface area contributed by atoms with Gasteiger partial charge in [0.05, 0.1) is 30.5 Å². The molecule has 7 nitrogen and oxygen atoms in total. The normalized spacial score (nSPS) is 15.9. The van der Waals surface area contributed by atoms with Gasteiger partial charge in [-0.3, -0.25) is 14.4 Å². The van der Waals surface area contributed by atoms with Gasteiger partial charge in [-0.1, -0.05) is 97.1 Å². The summed E-state index contributed by atoms with van der Waals surface area (Å²) in [5, 5.41) is 13.2. The fraction of sp³-hybridized carbons (Fsp3) is 0.359. The first-order valence-corrected chi connectivity index (χ1v) is 17.4. The number of aliphatic hydroxyl groups excluding tert-OH is 1. The SMILES string of the molecule is C=CC[C@@H](CC(=O)N1Cc2ccccc2C[C@H]1CO)C(=O)N[C@H](COC(=O)[C@H](CC=C)Cc1ccccc1)CSCc1ccccc1. The first-order valence-electron chi connectivity index (χ1n) is 16.2. The lowest BCUT2D eigenvalue weighted by Crippen LogP contribution is -2.48. The Bertz CT molecular complexity index is 1460. The quantitative estimate of drug-likeness (QED) is 0.131. The van der Waals surface area contributed by atoms with Crippen LogP contribution in [0.5, 0.6) is 0 Å². The number of nitrogens with one attached hydrogen (secondary N) is 1. The smallest absolute Gasteiger partial charge is 0.309 e. The largest absolute Gasteiger partial charge is 0.463 e. The van der Waals surface area contributed by atoms with Gasteiger partial charge in [-0.2, -0.15) is 11.8 Å². The Labute approximate surface area is 283 Å². The van der Waals surface area contributed by atoms with E-state index in [4.69, 9.17) is 4.74 Å². The van der Waals surface area contributed by atoms with Crippen LogP contribution >= 0.6 is 11.8 Å². The molecule has 0 spiro atoms. The van der Waals surface area contributed by atoms with Crippen LogP contribution in [0.1, 0.15) is 41.5 Å². The van der Waals surface area contributed by atoms with Crippen LogP contribution in [0.3, 0.4) is 0 Å². The number of nitrogens with zero attached hydrogens (tertiary/aromatic N) is 1. The Balaban J connectivity index is 1.42. The second-order valence-electron chi connectivity index (χ2n) is 12.0. The molecule has 3 aromatic carbocycles. The minimum absolute atomic E-state index is 0.0129. The monoisotopic (exact) mass is 654 g/mol. The molecule has 1 heterocycles. The van der Waals surface area contributed by atoms with Gasteiger partial charge in [0.2, 0.25) is 11.8 Å². The number of amides is 2. The molecule has 0 fully saturated rings. The van der Waals surface area contributed by atoms with E-state index in [0.29, 0.717) is 38.0 Å². The minimum atomic E-state index is -0.652. The standard InChI is InChI=1S/C39H46N2O5S/c1-3-13-32(23-37(43)41-24-34-20-12-11-19-31(34)22-36(41)25-42)38(44)40-35(28-47-27-30-17-9-6-10-18-30)26-46-39(45)33(14-4-2)21-29-15-7-5-8-16-29/h3-12,15-20,32-33,35-36,42H,1-2,13-14,21-28H2,(H,40,44)/t32-,33+,35+,36-/m0/s1. The van der Waals surface area contributed by atoms with Gasteiger partial charge < -0.3 is 20.1 Å². The molecule has 8 heteroatoms. The Hall–Kier alpha value is -4.14. The summed E-state index contributed by atoms with van der Waals surface area (Å²) in [6, 6.07) is 27.0. The predicted octanol–water partition coefficient (Wildman–Crippen LogP) is 5.91. The van der Waals surface area contributed by atoms with Gasteiger partial charge in [0.25, 0.3) is 0 Å². The van der Waals surface area contributed by atoms with E-state index in [1.165, 1.54) is 0 Å². The zero-order valence-electron chi connectivity index (χ0n) is 27.0. The highest BCUT2D eigenvalue weighted by molar-refractivity contribution is 7.98. The summed E-state index contributed by atoms with van der Waals surface area (Å²) >= 11 is 1.64. The van der Waals surface area contributed by atoms with Gasteiger partial charge in [-0.25, -0.2) is 0 Å². The van der Waals surface area contributed by atoms with E-state index in [0.717, 1.165) is 28.0 Å². The lowest BCUT2D eigenvalue weighted by atomic mass is 9.92. The van der Waals surface area contributed by atoms with Gasteiger partial charge >= 0.3 is 5.97 Å². The van der Waals surface area contributed by atoms with Gasteiger partial charge in [0.1, 0.15) is 6.61 Å². The number of carbonyl (C=O) groups is 3. The third kappa shape index (κ3) is 11.0. The number of thioether (sulfide) groups is 1. The van der Waals surface area contributed by atoms with Gasteiger partial charge in [0.15, 0.2) is 0 Å². The molecule has 0 bridgehead atoms. The molecule has 0 saturated heterocycles. The number of rotatable bonds is 18. The molecule has 0 aromatic heterocycles. The third-order valence-corrected chi connectivity index (χ3v) is 9.62. The highest BCUT2D eigenvalue weighted by atomic mass is 32.2. The number of esters is 1. The first-order chi connectivity index (χ1) is 22.9. The molecule has 1 aliphatic heterocycles. The van der Waals surface area contributed by atoms with Crippen LogP contribution in [0.25, 0.3) is 0 Å². The molecule has 2 N–H and O–H groups in total. The number of aliphatic hydroxyl groups is 1. The van der Waals surface area contributed by atoms with Gasteiger partial charge in [-0.15, -0.1) is 13.2 Å². The van der Waals surface area contributed by atoms with Crippen LogP contribution in [-0.4, -0.2) is 58.8 Å². The van der Waals surface area contributed by atoms with Crippen molar-refractivity contribution in [1.29, 1.82) is 0 Å². The van der Waals surface area contributed by atoms with Crippen molar-refractivity contribution in [3.05, 3.63) is 132 Å². The molecule has 0 unspecified atom stereocenters. The average Bonchev–Trinajstić information content (AvgIpc) is 3.10. The third-order valence-electron chi connectivity index (χ3n) is 8.44. The molecular weight excluding hydrogens is 609 g/mol. The predicted molar refractivity (Wildman–Crippen MR) is 188 cm³/mol. The van der Waals surface area contributed by atoms with E-state index in [-0.39, 0.29) is 49.4 Å². The van der Waals surface area contributed by atoms with Crippen molar-refractivity contribution in [2.75, 3.05) is 19.0 Å². The highest BCUT2D eigenvalue weighted by Crippen LogP contribution is 2.25. The van der Waals surface area contributed by atoms with Gasteiger partial charge in [0, 0.05) is 24.5 Å². The Morgan fingerprint density at radius 3 is 2.17 bits per heavy atom. The van der Waals surface area contributed by atoms with Crippen LogP contribution < -0.4 is 5.32 Å². The van der Waals surface area contributed by atoms with Crippen molar-refractivity contribution in [3.63, 3.8) is 0 Å². The minimum Gasteiger partial charge on any atom is -0.463 e. The molecular formula is C39H46N2O5S. The van der Waals surface area contributed by atoms with Crippen LogP contribution in [0.15, 0.2) is 110 Å². The highest BCUT2D eigenvalue weighted by Gasteiger charge is 2.32. The van der Waals surface area contributed by atoms with Crippen molar-refractivity contribution in [2.24, 2.45) is 11.8 Å². The van der Waals surface area contributed by atoms with E-state index in [9.17, 15) is 19.5 Å². The lowest BCUT2D eigenvalue weighted by molar-refractivity contribution is -0.149. The van der Waals surface area contributed by atoms with Gasteiger partial charge in [-0.05, 0) is 47.9 Å². The molecule has 0 saturated carbocycles. The zero-order valence-corrected chi connectivity index (χ0v) is 27.8. The molecule has 47 heavy (non-hydrogen) atoms. The van der Waals surface area contributed by atoms with Crippen LogP contribution in [0.4, 0.5) is 0 Å². The fourth-order valence-corrected chi connectivity index (χ4v) is 6.87. The van der Waals surface area contributed by atoms with Crippen molar-refractivity contribution in [3.8, 4) is 0 Å². The fourth-order valence-electron chi connectivity index (χ4n) is 5.86. The van der Waals surface area contributed by atoms with E-state index in [2.05, 4.69) is 30.6 Å². The molecule has 3 aromatic rings. The number of fused-ring (bicyclic) bond motifs is 1. The average molecular weight is 655 g/mol. The lowest BCUT2D eigenvalue weighted by Gasteiger charge is -2.36. The number of carbonyl (C=O) groups excluding carboxylic acids is 3. The van der Waals surface area contributed by atoms with E-state index in [1.54, 1.807) is 28.8 Å². The molecule has 4 rings (SSSR count). The van der Waals surface area contributed by atoms with Crippen LogP contribution in [0, 0.1) is 11.8 Å². The van der Waals surface area contributed by atoms with E-state index in [1.807, 2.05) is 72.8 Å². The summed E-state index contributed by atoms with van der Waals surface area (Å²) < 4.78 is 5.83. The Kier molecular flexibility index (Phi) is 14.3. The van der Waals surface area contributed by atoms with Crippen LogP contribution in [0.2, 0.25) is 0 Å². The van der Waals surface area contributed by atoms with E-state index < -0.39 is 12.0 Å². The maximum Gasteiger partial charge on any atom is 0.309 e. The summed E-state index contributed by atoms with van der Waals surface area (Å²) in [5.41, 5.74) is 4.37. The van der Waals surface area contributed by atoms with Crippen molar-refractivity contribution >= 4 is 29.5 Å². The number of hydrogen-bond donors (Lipinski definition) is 2. The Morgan fingerprint density at radius 1 is 0.894 bits per heavy atom. The molecule has 1 aliphatic rings. The Morgan fingerprint density at radius 2 is 1.51 bits per heavy atom. The molecule has 4 atom stereocenters. The number of hydrogen-bond acceptors (Lipinski definition) is 6. The molecule has 2 amide bonds. The molecule has 0 radical (unpaired) electrons. The zero-order chi connectivity index (χ0) is 33.4. The number of benzene rings is 3. The van der Waals surface area contributed by atoms with Crippen molar-refractivity contribution < 1.29 is 24.2 Å². The summed E-state index contributed by atoms with van der Waals surface area (Å²) in [6.45, 7) is 7.91. The maximum absolute atomic E-state index is 13.7. The summed E-state index contributed by atoms with van der Waals surface area (Å²) in [4.78, 5) is 42.3. The summed E-state index contributed by atoms with van der Waals surface area (Å²) in [6.07, 6.45) is 5.25. The molecule has 248 valence electrons. The number of allylic oxidation sites excluding steroid dienone is 2. The molecule has 0 aliphatic carbocycles. The van der Waals surface area contributed by atoms with E-state index >= 15 is 0 Å². The second-order valence-corrected chi connectivity index (χ2v) is 13.0. The topological polar surface area (TPSA) is 95.9 Å². The number of ether oxygens (including phenoxy) is 1. The summed E-state index contributed by atoms with van der Waals surface area (Å²) in [7, 11) is 0. The second kappa shape index (κ2) is 18.9. The maximum atomic E-state index is 13.7. The van der Waals surface area contributed by atoms with Crippen molar-refractivity contribution in [1.82, 2.24) is 10.2 Å². The van der Waals surface area contributed by atoms with Crippen molar-refractivity contribution in [2.45, 2.75) is 56.5 Å². The summed E-state index contributed by atoms with van der Waals surface area (Å²) in [5.74, 6) is -0.590.